The van der Waals surface area contributed by atoms with E-state index in [0.29, 0.717) is 29.1 Å². The van der Waals surface area contributed by atoms with E-state index in [1.165, 1.54) is 6.92 Å². The van der Waals surface area contributed by atoms with Crippen LogP contribution < -0.4 is 26.8 Å². The molecule has 0 atom stereocenters. The number of amides is 1. The molecule has 0 heterocycles. The number of hydrazone groups is 2. The zero-order valence-corrected chi connectivity index (χ0v) is 20.5. The molecule has 13 heteroatoms. The maximum Gasteiger partial charge on any atom is 0.405 e. The number of halogens is 3. The second-order valence-electron chi connectivity index (χ2n) is 6.93. The van der Waals surface area contributed by atoms with Crippen LogP contribution in [0.15, 0.2) is 64.8 Å². The van der Waals surface area contributed by atoms with Crippen molar-refractivity contribution in [1.29, 1.82) is 0 Å². The van der Waals surface area contributed by atoms with Crippen LogP contribution in [-0.2, 0) is 4.79 Å². The van der Waals surface area contributed by atoms with Crippen molar-refractivity contribution in [2.24, 2.45) is 10.2 Å². The molecule has 0 unspecified atom stereocenters. The molecule has 2 aromatic carbocycles. The van der Waals surface area contributed by atoms with E-state index in [9.17, 15) is 18.0 Å². The molecular weight excluding hydrogens is 499 g/mol. The first-order valence-corrected chi connectivity index (χ1v) is 11.1. The van der Waals surface area contributed by atoms with Crippen molar-refractivity contribution in [2.45, 2.75) is 20.0 Å². The number of alkyl halides is 3. The van der Waals surface area contributed by atoms with E-state index >= 15 is 0 Å². The number of carbonyl (C=O) groups excluding carboxylic acids is 1. The molecule has 0 saturated heterocycles. The lowest BCUT2D eigenvalue weighted by Crippen LogP contribution is -2.39. The van der Waals surface area contributed by atoms with Gasteiger partial charge in [0.1, 0.15) is 18.0 Å². The monoisotopic (exact) mass is 523 g/mol. The van der Waals surface area contributed by atoms with Crippen molar-refractivity contribution in [2.75, 3.05) is 18.4 Å². The van der Waals surface area contributed by atoms with Gasteiger partial charge in [0.15, 0.2) is 10.2 Å². The van der Waals surface area contributed by atoms with Crippen LogP contribution in [0.5, 0.6) is 0 Å². The molecule has 0 spiro atoms. The summed E-state index contributed by atoms with van der Waals surface area (Å²) in [5.41, 5.74) is 7.56. The van der Waals surface area contributed by atoms with Gasteiger partial charge in [-0.2, -0.15) is 23.4 Å². The summed E-state index contributed by atoms with van der Waals surface area (Å²) in [6.07, 6.45) is -4.44. The van der Waals surface area contributed by atoms with Gasteiger partial charge in [0.05, 0.1) is 0 Å². The van der Waals surface area contributed by atoms with Crippen LogP contribution in [0.3, 0.4) is 0 Å². The minimum atomic E-state index is -4.44. The Morgan fingerprint density at radius 1 is 0.857 bits per heavy atom. The van der Waals surface area contributed by atoms with Gasteiger partial charge in [-0.1, -0.05) is 42.5 Å². The predicted octanol–water partition coefficient (Wildman–Crippen LogP) is 3.26. The molecule has 0 aliphatic heterocycles. The molecule has 186 valence electrons. The number of hydrogen-bond acceptors (Lipinski definition) is 5. The van der Waals surface area contributed by atoms with Crippen LogP contribution in [0.2, 0.25) is 0 Å². The highest BCUT2D eigenvalue weighted by Crippen LogP contribution is 2.15. The van der Waals surface area contributed by atoms with Gasteiger partial charge >= 0.3 is 6.18 Å². The van der Waals surface area contributed by atoms with E-state index in [1.807, 2.05) is 13.0 Å². The largest absolute Gasteiger partial charge is 0.405 e. The Hall–Kier alpha value is -3.58. The number of benzene rings is 2. The minimum absolute atomic E-state index is 0.222. The standard InChI is InChI=1S/C22H24F3N7OS2/c1-3-26-20(34)31-30-19(16-9-11-17(12-10-16)28-14(2)33)18(15-7-5-4-6-8-15)29-32-21(35)27-13-22(23,24)25/h4-12H,3,13H2,1-2H3,(H,28,33)(H2,26,31,34)(H2,27,32,35). The van der Waals surface area contributed by atoms with Crippen LogP contribution in [-0.4, -0.2) is 46.8 Å². The van der Waals surface area contributed by atoms with Gasteiger partial charge < -0.3 is 16.0 Å². The molecule has 0 bridgehead atoms. The Morgan fingerprint density at radius 3 is 1.86 bits per heavy atom. The number of anilines is 1. The van der Waals surface area contributed by atoms with Gasteiger partial charge in [-0.05, 0) is 43.5 Å². The second kappa shape index (κ2) is 13.3. The number of thiocarbonyl (C=S) groups is 2. The van der Waals surface area contributed by atoms with Crippen molar-refractivity contribution in [3.63, 3.8) is 0 Å². The summed E-state index contributed by atoms with van der Waals surface area (Å²) in [4.78, 5) is 11.3. The van der Waals surface area contributed by atoms with Crippen LogP contribution in [0.1, 0.15) is 25.0 Å². The number of nitrogens with zero attached hydrogens (tertiary/aromatic N) is 2. The summed E-state index contributed by atoms with van der Waals surface area (Å²) in [5.74, 6) is -0.222. The third-order valence-electron chi connectivity index (χ3n) is 4.08. The average molecular weight is 524 g/mol. The van der Waals surface area contributed by atoms with E-state index in [4.69, 9.17) is 24.4 Å². The zero-order chi connectivity index (χ0) is 25.8. The Balaban J connectivity index is 2.47. The van der Waals surface area contributed by atoms with Gasteiger partial charge in [-0.25, -0.2) is 0 Å². The van der Waals surface area contributed by atoms with Crippen molar-refractivity contribution in [1.82, 2.24) is 21.5 Å². The first-order valence-electron chi connectivity index (χ1n) is 10.3. The summed E-state index contributed by atoms with van der Waals surface area (Å²) in [5, 5.41) is 16.3. The average Bonchev–Trinajstić information content (AvgIpc) is 2.80. The Bertz CT molecular complexity index is 1090. The molecule has 35 heavy (non-hydrogen) atoms. The third-order valence-corrected chi connectivity index (χ3v) is 4.55. The topological polar surface area (TPSA) is 102 Å². The molecule has 0 fully saturated rings. The predicted molar refractivity (Wildman–Crippen MR) is 139 cm³/mol. The number of hydrogen-bond donors (Lipinski definition) is 5. The Labute approximate surface area is 211 Å². The van der Waals surface area contributed by atoms with Crippen molar-refractivity contribution >= 4 is 57.7 Å². The van der Waals surface area contributed by atoms with Crippen LogP contribution in [0.4, 0.5) is 18.9 Å². The summed E-state index contributed by atoms with van der Waals surface area (Å²) >= 11 is 10.1. The van der Waals surface area contributed by atoms with Crippen LogP contribution >= 0.6 is 24.4 Å². The fraction of sp³-hybridized carbons (Fsp3) is 0.227. The highest BCUT2D eigenvalue weighted by molar-refractivity contribution is 7.80. The van der Waals surface area contributed by atoms with Gasteiger partial charge in [-0.15, -0.1) is 0 Å². The number of nitrogens with one attached hydrogen (secondary N) is 5. The van der Waals surface area contributed by atoms with E-state index in [1.54, 1.807) is 48.5 Å². The third kappa shape index (κ3) is 10.1. The molecular formula is C22H24F3N7OS2. The van der Waals surface area contributed by atoms with Crippen LogP contribution in [0, 0.1) is 0 Å². The van der Waals surface area contributed by atoms with Crippen LogP contribution in [0.25, 0.3) is 0 Å². The summed E-state index contributed by atoms with van der Waals surface area (Å²) in [7, 11) is 0. The first-order chi connectivity index (χ1) is 16.6. The highest BCUT2D eigenvalue weighted by Gasteiger charge is 2.27. The fourth-order valence-electron chi connectivity index (χ4n) is 2.65. The molecule has 8 nitrogen and oxygen atoms in total. The lowest BCUT2D eigenvalue weighted by molar-refractivity contribution is -0.122. The van der Waals surface area contributed by atoms with Gasteiger partial charge in [0, 0.05) is 30.3 Å². The minimum Gasteiger partial charge on any atom is -0.362 e. The second-order valence-corrected chi connectivity index (χ2v) is 7.74. The molecule has 0 aliphatic rings. The maximum absolute atomic E-state index is 12.5. The van der Waals surface area contributed by atoms with Gasteiger partial charge in [0.2, 0.25) is 5.91 Å². The molecule has 1 amide bonds. The zero-order valence-electron chi connectivity index (χ0n) is 18.9. The number of rotatable bonds is 8. The van der Waals surface area contributed by atoms with Crippen molar-refractivity contribution < 1.29 is 18.0 Å². The molecule has 2 rings (SSSR count). The maximum atomic E-state index is 12.5. The van der Waals surface area contributed by atoms with E-state index in [2.05, 4.69) is 37.0 Å². The smallest absolute Gasteiger partial charge is 0.362 e. The highest BCUT2D eigenvalue weighted by atomic mass is 32.1. The number of carbonyl (C=O) groups is 1. The van der Waals surface area contributed by atoms with Gasteiger partial charge in [0.25, 0.3) is 0 Å². The molecule has 0 saturated carbocycles. The Kier molecular flexibility index (Phi) is 10.5. The SMILES string of the molecule is CCNC(=S)NN=C(C(=NNC(=S)NCC(F)(F)F)c1ccccc1)c1ccc(NC(C)=O)cc1. The lowest BCUT2D eigenvalue weighted by atomic mass is 9.99. The van der Waals surface area contributed by atoms with E-state index < -0.39 is 12.7 Å². The Morgan fingerprint density at radius 2 is 1.37 bits per heavy atom. The molecule has 0 aromatic heterocycles. The summed E-state index contributed by atoms with van der Waals surface area (Å²) in [6.45, 7) is 2.53. The fourth-order valence-corrected chi connectivity index (χ4v) is 2.96. The normalized spacial score (nSPS) is 11.9. The van der Waals surface area contributed by atoms with Crippen molar-refractivity contribution in [3.8, 4) is 0 Å². The van der Waals surface area contributed by atoms with E-state index in [0.717, 1.165) is 0 Å². The lowest BCUT2D eigenvalue weighted by Gasteiger charge is -2.14. The first kappa shape index (κ1) is 27.7. The summed E-state index contributed by atoms with van der Waals surface area (Å²) in [6, 6.07) is 15.7. The molecule has 5 N–H and O–H groups in total. The molecule has 0 aliphatic carbocycles. The van der Waals surface area contributed by atoms with Gasteiger partial charge in [-0.3, -0.25) is 15.6 Å². The quantitative estimate of drug-likeness (QED) is 0.206. The molecule has 2 aromatic rings. The summed E-state index contributed by atoms with van der Waals surface area (Å²) < 4.78 is 37.6. The van der Waals surface area contributed by atoms with Crippen molar-refractivity contribution in [3.05, 3.63) is 65.7 Å². The van der Waals surface area contributed by atoms with E-state index in [-0.39, 0.29) is 21.8 Å². The molecule has 0 radical (unpaired) electrons.